The molecule has 0 bridgehead atoms. The molecule has 6 heteroatoms. The largest absolute Gasteiger partial charge is 0.366 e. The van der Waals surface area contributed by atoms with Gasteiger partial charge in [-0.2, -0.15) is 0 Å². The zero-order valence-electron chi connectivity index (χ0n) is 19.3. The van der Waals surface area contributed by atoms with Crippen molar-refractivity contribution < 1.29 is 9.59 Å². The van der Waals surface area contributed by atoms with Crippen molar-refractivity contribution in [2.45, 2.75) is 39.8 Å². The van der Waals surface area contributed by atoms with Crippen LogP contribution in [0.15, 0.2) is 66.7 Å². The molecule has 1 aliphatic heterocycles. The lowest BCUT2D eigenvalue weighted by Gasteiger charge is -2.32. The molecule has 170 valence electrons. The summed E-state index contributed by atoms with van der Waals surface area (Å²) < 4.78 is 0. The number of carbonyl (C=O) groups is 2. The lowest BCUT2D eigenvalue weighted by atomic mass is 9.98. The number of hydrogen-bond donors (Lipinski definition) is 3. The Morgan fingerprint density at radius 1 is 0.879 bits per heavy atom. The molecular weight excluding hydrogens is 412 g/mol. The number of fused-ring (bicyclic) bond motifs is 1. The van der Waals surface area contributed by atoms with Crippen molar-refractivity contribution in [2.75, 3.05) is 22.1 Å². The number of amides is 3. The molecular formula is C27H30N4O2. The van der Waals surface area contributed by atoms with Crippen LogP contribution in [0.25, 0.3) is 0 Å². The monoisotopic (exact) mass is 442 g/mol. The summed E-state index contributed by atoms with van der Waals surface area (Å²) in [5, 5.41) is 8.69. The van der Waals surface area contributed by atoms with Crippen LogP contribution in [0.2, 0.25) is 0 Å². The third-order valence-corrected chi connectivity index (χ3v) is 5.67. The zero-order chi connectivity index (χ0) is 23.4. The summed E-state index contributed by atoms with van der Waals surface area (Å²) in [7, 11) is 0. The number of benzene rings is 3. The second kappa shape index (κ2) is 9.77. The highest BCUT2D eigenvalue weighted by atomic mass is 16.2. The van der Waals surface area contributed by atoms with Crippen LogP contribution >= 0.6 is 0 Å². The summed E-state index contributed by atoms with van der Waals surface area (Å²) >= 11 is 0. The van der Waals surface area contributed by atoms with Gasteiger partial charge in [0, 0.05) is 36.2 Å². The van der Waals surface area contributed by atoms with E-state index < -0.39 is 0 Å². The zero-order valence-corrected chi connectivity index (χ0v) is 19.3. The third-order valence-electron chi connectivity index (χ3n) is 5.67. The van der Waals surface area contributed by atoms with Gasteiger partial charge in [-0.1, -0.05) is 36.4 Å². The predicted octanol–water partition coefficient (Wildman–Crippen LogP) is 5.34. The first-order valence-electron chi connectivity index (χ1n) is 11.3. The summed E-state index contributed by atoms with van der Waals surface area (Å²) in [6, 6.07) is 21.2. The lowest BCUT2D eigenvalue weighted by molar-refractivity contribution is 0.0943. The number of anilines is 3. The summed E-state index contributed by atoms with van der Waals surface area (Å²) in [6.45, 7) is 7.43. The quantitative estimate of drug-likeness (QED) is 0.499. The first kappa shape index (κ1) is 22.4. The highest BCUT2D eigenvalue weighted by Gasteiger charge is 2.22. The van der Waals surface area contributed by atoms with Crippen LogP contribution in [0.4, 0.5) is 21.9 Å². The first-order valence-corrected chi connectivity index (χ1v) is 11.3. The Labute approximate surface area is 195 Å². The lowest BCUT2D eigenvalue weighted by Crippen LogP contribution is -2.35. The SMILES string of the molecule is Cc1cccc(NC(=O)Nc2ccc(N3CCc4ccccc4C3)c(C(=O)NC(C)C)c2)c1. The molecule has 0 unspecified atom stereocenters. The number of rotatable bonds is 5. The molecule has 0 saturated carbocycles. The van der Waals surface area contributed by atoms with E-state index >= 15 is 0 Å². The normalized spacial score (nSPS) is 12.8. The summed E-state index contributed by atoms with van der Waals surface area (Å²) in [5.74, 6) is -0.151. The Hall–Kier alpha value is -3.80. The van der Waals surface area contributed by atoms with E-state index in [1.165, 1.54) is 11.1 Å². The standard InChI is InChI=1S/C27H30N4O2/c1-18(2)28-26(32)24-16-23(30-27(33)29-22-10-6-7-19(3)15-22)11-12-25(24)31-14-13-20-8-4-5-9-21(20)17-31/h4-12,15-16,18H,13-14,17H2,1-3H3,(H,28,32)(H2,29,30,33). The maximum Gasteiger partial charge on any atom is 0.323 e. The molecule has 1 heterocycles. The molecule has 3 aromatic carbocycles. The van der Waals surface area contributed by atoms with Gasteiger partial charge in [-0.05, 0) is 74.2 Å². The molecule has 6 nitrogen and oxygen atoms in total. The number of nitrogens with one attached hydrogen (secondary N) is 3. The fraction of sp³-hybridized carbons (Fsp3) is 0.259. The van der Waals surface area contributed by atoms with Crippen molar-refractivity contribution in [3.8, 4) is 0 Å². The molecule has 33 heavy (non-hydrogen) atoms. The van der Waals surface area contributed by atoms with E-state index in [1.54, 1.807) is 6.07 Å². The van der Waals surface area contributed by atoms with Gasteiger partial charge in [0.25, 0.3) is 5.91 Å². The maximum atomic E-state index is 13.1. The van der Waals surface area contributed by atoms with Crippen molar-refractivity contribution in [3.05, 3.63) is 89.0 Å². The number of carbonyl (C=O) groups excluding carboxylic acids is 2. The highest BCUT2D eigenvalue weighted by molar-refractivity contribution is 6.04. The number of nitrogens with zero attached hydrogens (tertiary/aromatic N) is 1. The molecule has 0 aromatic heterocycles. The number of urea groups is 1. The molecule has 0 atom stereocenters. The van der Waals surface area contributed by atoms with E-state index in [1.807, 2.05) is 57.2 Å². The van der Waals surface area contributed by atoms with E-state index in [-0.39, 0.29) is 18.0 Å². The summed E-state index contributed by atoms with van der Waals surface area (Å²) in [6.07, 6.45) is 0.931. The van der Waals surface area contributed by atoms with Crippen LogP contribution in [0, 0.1) is 6.92 Å². The maximum absolute atomic E-state index is 13.1. The van der Waals surface area contributed by atoms with Crippen LogP contribution in [0.3, 0.4) is 0 Å². The van der Waals surface area contributed by atoms with Gasteiger partial charge in [0.1, 0.15) is 0 Å². The Morgan fingerprint density at radius 2 is 1.61 bits per heavy atom. The molecule has 4 rings (SSSR count). The molecule has 0 spiro atoms. The van der Waals surface area contributed by atoms with Gasteiger partial charge in [0.2, 0.25) is 0 Å². The van der Waals surface area contributed by atoms with Crippen LogP contribution < -0.4 is 20.9 Å². The van der Waals surface area contributed by atoms with E-state index in [9.17, 15) is 9.59 Å². The van der Waals surface area contributed by atoms with Gasteiger partial charge in [-0.25, -0.2) is 4.79 Å². The fourth-order valence-electron chi connectivity index (χ4n) is 4.13. The summed E-state index contributed by atoms with van der Waals surface area (Å²) in [4.78, 5) is 27.8. The predicted molar refractivity (Wildman–Crippen MR) is 134 cm³/mol. The number of aryl methyl sites for hydroxylation is 1. The van der Waals surface area contributed by atoms with Gasteiger partial charge < -0.3 is 20.9 Å². The van der Waals surface area contributed by atoms with E-state index in [4.69, 9.17) is 0 Å². The average Bonchev–Trinajstić information content (AvgIpc) is 2.78. The molecule has 3 N–H and O–H groups in total. The third kappa shape index (κ3) is 5.52. The Balaban J connectivity index is 1.57. The topological polar surface area (TPSA) is 73.5 Å². The van der Waals surface area contributed by atoms with Crippen molar-refractivity contribution >= 4 is 29.0 Å². The van der Waals surface area contributed by atoms with Gasteiger partial charge in [0.15, 0.2) is 0 Å². The minimum Gasteiger partial charge on any atom is -0.366 e. The number of hydrogen-bond acceptors (Lipinski definition) is 3. The molecule has 0 saturated heterocycles. The molecule has 1 aliphatic rings. The van der Waals surface area contributed by atoms with Gasteiger partial charge in [0.05, 0.1) is 5.56 Å². The van der Waals surface area contributed by atoms with Crippen LogP contribution in [-0.4, -0.2) is 24.5 Å². The smallest absolute Gasteiger partial charge is 0.323 e. The van der Waals surface area contributed by atoms with Crippen molar-refractivity contribution in [3.63, 3.8) is 0 Å². The minimum absolute atomic E-state index is 0.00802. The molecule has 3 amide bonds. The Bertz CT molecular complexity index is 1170. The van der Waals surface area contributed by atoms with Crippen molar-refractivity contribution in [1.29, 1.82) is 0 Å². The Kier molecular flexibility index (Phi) is 6.63. The van der Waals surface area contributed by atoms with Gasteiger partial charge in [-0.15, -0.1) is 0 Å². The summed E-state index contributed by atoms with van der Waals surface area (Å²) in [5.41, 5.74) is 6.40. The van der Waals surface area contributed by atoms with E-state index in [2.05, 4.69) is 45.1 Å². The Morgan fingerprint density at radius 3 is 2.33 bits per heavy atom. The molecule has 0 radical (unpaired) electrons. The van der Waals surface area contributed by atoms with Crippen LogP contribution in [-0.2, 0) is 13.0 Å². The van der Waals surface area contributed by atoms with E-state index in [0.29, 0.717) is 16.9 Å². The highest BCUT2D eigenvalue weighted by Crippen LogP contribution is 2.30. The van der Waals surface area contributed by atoms with Gasteiger partial charge in [-0.3, -0.25) is 4.79 Å². The molecule has 3 aromatic rings. The van der Waals surface area contributed by atoms with E-state index in [0.717, 1.165) is 30.8 Å². The minimum atomic E-state index is -0.351. The average molecular weight is 443 g/mol. The fourth-order valence-corrected chi connectivity index (χ4v) is 4.13. The second-order valence-electron chi connectivity index (χ2n) is 8.75. The van der Waals surface area contributed by atoms with Crippen LogP contribution in [0.1, 0.15) is 40.9 Å². The van der Waals surface area contributed by atoms with Crippen molar-refractivity contribution in [2.24, 2.45) is 0 Å². The first-order chi connectivity index (χ1) is 15.9. The van der Waals surface area contributed by atoms with Crippen molar-refractivity contribution in [1.82, 2.24) is 5.32 Å². The molecule has 0 aliphatic carbocycles. The van der Waals surface area contributed by atoms with Crippen LogP contribution in [0.5, 0.6) is 0 Å². The molecule has 0 fully saturated rings. The van der Waals surface area contributed by atoms with Gasteiger partial charge >= 0.3 is 6.03 Å². The second-order valence-corrected chi connectivity index (χ2v) is 8.75.